The highest BCUT2D eigenvalue weighted by Gasteiger charge is 2.38. The van der Waals surface area contributed by atoms with Crippen molar-refractivity contribution in [2.45, 2.75) is 37.7 Å². The molecule has 1 N–H and O–H groups in total. The maximum atomic E-state index is 13.0. The summed E-state index contributed by atoms with van der Waals surface area (Å²) in [6, 6.07) is 1.88. The quantitative estimate of drug-likeness (QED) is 0.860. The number of alkyl halides is 2. The summed E-state index contributed by atoms with van der Waals surface area (Å²) in [4.78, 5) is 0.857. The largest absolute Gasteiger partial charge is 0.387 e. The van der Waals surface area contributed by atoms with Gasteiger partial charge in [-0.05, 0) is 46.1 Å². The lowest BCUT2D eigenvalue weighted by molar-refractivity contribution is -0.0623. The number of aliphatic hydroxyl groups is 1. The zero-order chi connectivity index (χ0) is 11.8. The summed E-state index contributed by atoms with van der Waals surface area (Å²) < 4.78 is 26.8. The lowest BCUT2D eigenvalue weighted by Gasteiger charge is -2.31. The van der Waals surface area contributed by atoms with Gasteiger partial charge in [-0.1, -0.05) is 0 Å². The number of aliphatic hydroxyl groups excluding tert-OH is 1. The number of rotatable bonds is 2. The fraction of sp³-hybridized carbons (Fsp3) is 0.636. The van der Waals surface area contributed by atoms with Crippen LogP contribution in [0.1, 0.15) is 36.7 Å². The van der Waals surface area contributed by atoms with E-state index in [4.69, 9.17) is 0 Å². The van der Waals surface area contributed by atoms with Crippen molar-refractivity contribution in [2.75, 3.05) is 0 Å². The van der Waals surface area contributed by atoms with E-state index in [1.807, 2.05) is 11.4 Å². The van der Waals surface area contributed by atoms with Crippen molar-refractivity contribution in [3.8, 4) is 0 Å². The molecular formula is C11H13BrF2OS. The summed E-state index contributed by atoms with van der Waals surface area (Å²) in [6.07, 6.45) is -0.00242. The highest BCUT2D eigenvalue weighted by Crippen LogP contribution is 2.43. The number of halogens is 3. The molecule has 0 saturated heterocycles. The molecule has 1 aliphatic rings. The molecule has 2 rings (SSSR count). The minimum Gasteiger partial charge on any atom is -0.387 e. The SMILES string of the molecule is OC(c1sccc1Br)C1CCC(F)(F)CC1. The fourth-order valence-corrected chi connectivity index (χ4v) is 3.79. The van der Waals surface area contributed by atoms with E-state index in [1.165, 1.54) is 11.3 Å². The van der Waals surface area contributed by atoms with Crippen LogP contribution < -0.4 is 0 Å². The molecule has 0 aromatic carbocycles. The van der Waals surface area contributed by atoms with Gasteiger partial charge in [0.25, 0.3) is 0 Å². The molecule has 1 aromatic heterocycles. The third-order valence-electron chi connectivity index (χ3n) is 3.12. The summed E-state index contributed by atoms with van der Waals surface area (Å²) in [5, 5.41) is 12.0. The monoisotopic (exact) mass is 310 g/mol. The number of hydrogen-bond donors (Lipinski definition) is 1. The van der Waals surface area contributed by atoms with Gasteiger partial charge >= 0.3 is 0 Å². The Morgan fingerprint density at radius 1 is 1.44 bits per heavy atom. The Labute approximate surface area is 106 Å². The Hall–Kier alpha value is -0.0000000000000000555. The summed E-state index contributed by atoms with van der Waals surface area (Å²) in [6.45, 7) is 0. The van der Waals surface area contributed by atoms with Gasteiger partial charge in [0.15, 0.2) is 0 Å². The second-order valence-corrected chi connectivity index (χ2v) is 6.07. The molecule has 90 valence electrons. The third kappa shape index (κ3) is 2.63. The molecule has 0 amide bonds. The van der Waals surface area contributed by atoms with Crippen molar-refractivity contribution in [3.05, 3.63) is 20.8 Å². The molecule has 0 aliphatic heterocycles. The maximum absolute atomic E-state index is 13.0. The predicted molar refractivity (Wildman–Crippen MR) is 63.9 cm³/mol. The average molecular weight is 311 g/mol. The van der Waals surface area contributed by atoms with Crippen molar-refractivity contribution in [2.24, 2.45) is 5.92 Å². The van der Waals surface area contributed by atoms with Crippen LogP contribution in [0.4, 0.5) is 8.78 Å². The zero-order valence-corrected chi connectivity index (χ0v) is 11.0. The van der Waals surface area contributed by atoms with Crippen LogP contribution in [0.15, 0.2) is 15.9 Å². The fourth-order valence-electron chi connectivity index (χ4n) is 2.11. The van der Waals surface area contributed by atoms with Gasteiger partial charge in [-0.3, -0.25) is 0 Å². The summed E-state index contributed by atoms with van der Waals surface area (Å²) in [7, 11) is 0. The number of thiophene rings is 1. The molecule has 1 unspecified atom stereocenters. The first-order valence-electron chi connectivity index (χ1n) is 5.28. The Morgan fingerprint density at radius 3 is 2.56 bits per heavy atom. The van der Waals surface area contributed by atoms with Gasteiger partial charge in [0, 0.05) is 22.2 Å². The minimum absolute atomic E-state index is 0.0328. The first-order valence-corrected chi connectivity index (χ1v) is 6.96. The van der Waals surface area contributed by atoms with E-state index in [0.29, 0.717) is 12.8 Å². The smallest absolute Gasteiger partial charge is 0.248 e. The van der Waals surface area contributed by atoms with Crippen molar-refractivity contribution >= 4 is 27.3 Å². The van der Waals surface area contributed by atoms with Crippen molar-refractivity contribution in [1.29, 1.82) is 0 Å². The summed E-state index contributed by atoms with van der Waals surface area (Å²) in [5.41, 5.74) is 0. The van der Waals surface area contributed by atoms with E-state index in [-0.39, 0.29) is 18.8 Å². The maximum Gasteiger partial charge on any atom is 0.248 e. The van der Waals surface area contributed by atoms with Crippen LogP contribution in [0.5, 0.6) is 0 Å². The van der Waals surface area contributed by atoms with E-state index in [1.54, 1.807) is 0 Å². The van der Waals surface area contributed by atoms with E-state index in [0.717, 1.165) is 9.35 Å². The summed E-state index contributed by atoms with van der Waals surface area (Å²) >= 11 is 4.82. The van der Waals surface area contributed by atoms with Crippen LogP contribution in [-0.2, 0) is 0 Å². The van der Waals surface area contributed by atoms with E-state index in [2.05, 4.69) is 15.9 Å². The highest BCUT2D eigenvalue weighted by molar-refractivity contribution is 9.10. The van der Waals surface area contributed by atoms with Gasteiger partial charge in [-0.2, -0.15) is 0 Å². The second kappa shape index (κ2) is 4.70. The molecule has 1 saturated carbocycles. The van der Waals surface area contributed by atoms with Gasteiger partial charge in [0.1, 0.15) is 0 Å². The van der Waals surface area contributed by atoms with Gasteiger partial charge in [0.2, 0.25) is 5.92 Å². The third-order valence-corrected chi connectivity index (χ3v) is 5.06. The number of hydrogen-bond acceptors (Lipinski definition) is 2. The molecule has 1 aromatic rings. The molecule has 1 fully saturated rings. The van der Waals surface area contributed by atoms with Gasteiger partial charge in [-0.25, -0.2) is 8.78 Å². The van der Waals surface area contributed by atoms with E-state index < -0.39 is 12.0 Å². The Morgan fingerprint density at radius 2 is 2.06 bits per heavy atom. The van der Waals surface area contributed by atoms with Crippen molar-refractivity contribution in [1.82, 2.24) is 0 Å². The van der Waals surface area contributed by atoms with Gasteiger partial charge in [-0.15, -0.1) is 11.3 Å². The molecule has 1 atom stereocenters. The van der Waals surface area contributed by atoms with Crippen LogP contribution in [0.2, 0.25) is 0 Å². The highest BCUT2D eigenvalue weighted by atomic mass is 79.9. The molecule has 0 bridgehead atoms. The van der Waals surface area contributed by atoms with Gasteiger partial charge in [0.05, 0.1) is 6.10 Å². The van der Waals surface area contributed by atoms with Crippen LogP contribution >= 0.6 is 27.3 Å². The molecule has 5 heteroatoms. The Bertz CT molecular complexity index is 357. The minimum atomic E-state index is -2.52. The Kier molecular flexibility index (Phi) is 3.66. The molecule has 0 radical (unpaired) electrons. The first kappa shape index (κ1) is 12.5. The van der Waals surface area contributed by atoms with E-state index >= 15 is 0 Å². The lowest BCUT2D eigenvalue weighted by atomic mass is 9.83. The van der Waals surface area contributed by atoms with E-state index in [9.17, 15) is 13.9 Å². The molecule has 1 nitrogen and oxygen atoms in total. The molecule has 16 heavy (non-hydrogen) atoms. The van der Waals surface area contributed by atoms with Crippen molar-refractivity contribution < 1.29 is 13.9 Å². The lowest BCUT2D eigenvalue weighted by Crippen LogP contribution is -2.27. The average Bonchev–Trinajstić information content (AvgIpc) is 2.63. The van der Waals surface area contributed by atoms with Crippen LogP contribution in [-0.4, -0.2) is 11.0 Å². The molecule has 1 aliphatic carbocycles. The van der Waals surface area contributed by atoms with Gasteiger partial charge < -0.3 is 5.11 Å². The van der Waals surface area contributed by atoms with Crippen LogP contribution in [0.3, 0.4) is 0 Å². The zero-order valence-electron chi connectivity index (χ0n) is 8.63. The first-order chi connectivity index (χ1) is 7.49. The molecule has 0 spiro atoms. The predicted octanol–water partition coefficient (Wildman–Crippen LogP) is 4.37. The Balaban J connectivity index is 2.02. The molecular weight excluding hydrogens is 298 g/mol. The van der Waals surface area contributed by atoms with Crippen LogP contribution in [0, 0.1) is 5.92 Å². The standard InChI is InChI=1S/C11H13BrF2OS/c12-8-3-6-16-10(8)9(15)7-1-4-11(13,14)5-2-7/h3,6-7,9,15H,1-2,4-5H2. The summed E-state index contributed by atoms with van der Waals surface area (Å²) in [5.74, 6) is -2.56. The van der Waals surface area contributed by atoms with Crippen molar-refractivity contribution in [3.63, 3.8) is 0 Å². The normalized spacial score (nSPS) is 23.2. The second-order valence-electron chi connectivity index (χ2n) is 4.27. The molecule has 1 heterocycles. The van der Waals surface area contributed by atoms with Crippen LogP contribution in [0.25, 0.3) is 0 Å². The topological polar surface area (TPSA) is 20.2 Å².